The molecule has 1 fully saturated rings. The summed E-state index contributed by atoms with van der Waals surface area (Å²) in [5.41, 5.74) is 0.735. The molecule has 1 saturated heterocycles. The van der Waals surface area contributed by atoms with E-state index < -0.39 is 11.6 Å². The van der Waals surface area contributed by atoms with Gasteiger partial charge in [0.1, 0.15) is 5.82 Å². The van der Waals surface area contributed by atoms with E-state index in [4.69, 9.17) is 11.6 Å². The van der Waals surface area contributed by atoms with E-state index in [2.05, 4.69) is 25.5 Å². The molecule has 0 aliphatic carbocycles. The highest BCUT2D eigenvalue weighted by atomic mass is 127. The third-order valence-electron chi connectivity index (χ3n) is 4.88. The van der Waals surface area contributed by atoms with Crippen LogP contribution in [0, 0.1) is 11.6 Å². The van der Waals surface area contributed by atoms with Crippen molar-refractivity contribution in [3.8, 4) is 0 Å². The molecule has 9 heteroatoms. The molecule has 0 radical (unpaired) electrons. The van der Waals surface area contributed by atoms with Gasteiger partial charge in [-0.1, -0.05) is 24.6 Å². The molecule has 3 rings (SSSR count). The smallest absolute Gasteiger partial charge is 0.191 e. The highest BCUT2D eigenvalue weighted by Gasteiger charge is 2.25. The van der Waals surface area contributed by atoms with Crippen molar-refractivity contribution in [3.05, 3.63) is 58.7 Å². The number of pyridine rings is 1. The SMILES string of the molecule is CN=C(NCC(C)c1ccc(F)c(F)c1)NC1CCN(c2ncccc2Cl)C1.I. The lowest BCUT2D eigenvalue weighted by Crippen LogP contribution is -2.45. The van der Waals surface area contributed by atoms with Crippen molar-refractivity contribution in [3.63, 3.8) is 0 Å². The fraction of sp³-hybridized carbons (Fsp3) is 0.400. The van der Waals surface area contributed by atoms with Crippen molar-refractivity contribution in [2.24, 2.45) is 4.99 Å². The van der Waals surface area contributed by atoms with E-state index >= 15 is 0 Å². The predicted octanol–water partition coefficient (Wildman–Crippen LogP) is 4.18. The van der Waals surface area contributed by atoms with E-state index in [1.165, 1.54) is 6.07 Å². The van der Waals surface area contributed by atoms with E-state index in [0.717, 1.165) is 37.0 Å². The number of nitrogens with zero attached hydrogens (tertiary/aromatic N) is 3. The maximum absolute atomic E-state index is 13.4. The zero-order valence-electron chi connectivity index (χ0n) is 16.3. The first-order valence-corrected chi connectivity index (χ1v) is 9.63. The zero-order valence-corrected chi connectivity index (χ0v) is 19.4. The molecule has 0 spiro atoms. The Balaban J connectivity index is 0.00000300. The number of guanidine groups is 1. The summed E-state index contributed by atoms with van der Waals surface area (Å²) in [4.78, 5) is 10.8. The van der Waals surface area contributed by atoms with Gasteiger partial charge in [-0.15, -0.1) is 24.0 Å². The fourth-order valence-corrected chi connectivity index (χ4v) is 3.50. The van der Waals surface area contributed by atoms with Crippen molar-refractivity contribution in [1.29, 1.82) is 0 Å². The van der Waals surface area contributed by atoms with Crippen molar-refractivity contribution in [2.75, 3.05) is 31.6 Å². The fourth-order valence-electron chi connectivity index (χ4n) is 3.26. The largest absolute Gasteiger partial charge is 0.356 e. The molecule has 2 N–H and O–H groups in total. The summed E-state index contributed by atoms with van der Waals surface area (Å²) in [5.74, 6) is -0.191. The summed E-state index contributed by atoms with van der Waals surface area (Å²) in [6.45, 7) is 4.13. The number of hydrogen-bond acceptors (Lipinski definition) is 3. The minimum absolute atomic E-state index is 0. The van der Waals surface area contributed by atoms with E-state index in [0.29, 0.717) is 17.5 Å². The number of halogens is 4. The Hall–Kier alpha value is -1.68. The van der Waals surface area contributed by atoms with Crippen molar-refractivity contribution in [1.82, 2.24) is 15.6 Å². The number of hydrogen-bond donors (Lipinski definition) is 2. The Morgan fingerprint density at radius 1 is 1.34 bits per heavy atom. The summed E-state index contributed by atoms with van der Waals surface area (Å²) >= 11 is 6.24. The molecule has 0 amide bonds. The number of benzene rings is 1. The van der Waals surface area contributed by atoms with Gasteiger partial charge in [0.25, 0.3) is 0 Å². The first-order valence-electron chi connectivity index (χ1n) is 9.25. The lowest BCUT2D eigenvalue weighted by molar-refractivity contribution is 0.505. The number of anilines is 1. The number of aliphatic imine (C=N–C) groups is 1. The van der Waals surface area contributed by atoms with Gasteiger partial charge >= 0.3 is 0 Å². The molecule has 2 aromatic rings. The maximum Gasteiger partial charge on any atom is 0.191 e. The first-order chi connectivity index (χ1) is 13.5. The number of rotatable bonds is 5. The molecule has 5 nitrogen and oxygen atoms in total. The van der Waals surface area contributed by atoms with Crippen molar-refractivity contribution < 1.29 is 8.78 Å². The van der Waals surface area contributed by atoms with Crippen LogP contribution in [-0.2, 0) is 0 Å². The Labute approximate surface area is 192 Å². The molecule has 2 heterocycles. The summed E-state index contributed by atoms with van der Waals surface area (Å²) in [6.07, 6.45) is 2.68. The standard InChI is InChI=1S/C20H24ClF2N5.HI/c1-13(14-5-6-17(22)18(23)10-14)11-26-20(24-2)27-15-7-9-28(12-15)19-16(21)4-3-8-25-19;/h3-6,8,10,13,15H,7,9,11-12H2,1-2H3,(H2,24,26,27);1H. The van der Waals surface area contributed by atoms with Crippen LogP contribution in [0.2, 0.25) is 5.02 Å². The topological polar surface area (TPSA) is 52.6 Å². The average molecular weight is 536 g/mol. The normalized spacial score (nSPS) is 17.6. The van der Waals surface area contributed by atoms with Crippen LogP contribution in [-0.4, -0.2) is 43.7 Å². The van der Waals surface area contributed by atoms with Gasteiger partial charge in [-0.2, -0.15) is 0 Å². The third-order valence-corrected chi connectivity index (χ3v) is 5.17. The van der Waals surface area contributed by atoms with E-state index in [-0.39, 0.29) is 35.9 Å². The maximum atomic E-state index is 13.4. The molecular formula is C20H25ClF2IN5. The lowest BCUT2D eigenvalue weighted by atomic mass is 10.0. The summed E-state index contributed by atoms with van der Waals surface area (Å²) in [6, 6.07) is 7.87. The molecule has 2 unspecified atom stereocenters. The van der Waals surface area contributed by atoms with Gasteiger partial charge < -0.3 is 15.5 Å². The summed E-state index contributed by atoms with van der Waals surface area (Å²) in [5, 5.41) is 7.31. The highest BCUT2D eigenvalue weighted by Crippen LogP contribution is 2.25. The van der Waals surface area contributed by atoms with Gasteiger partial charge in [-0.3, -0.25) is 4.99 Å². The first kappa shape index (κ1) is 23.6. The van der Waals surface area contributed by atoms with Gasteiger partial charge in [0, 0.05) is 38.9 Å². The average Bonchev–Trinajstić information content (AvgIpc) is 3.15. The second-order valence-corrected chi connectivity index (χ2v) is 7.32. The Morgan fingerprint density at radius 2 is 2.14 bits per heavy atom. The van der Waals surface area contributed by atoms with Crippen molar-refractivity contribution in [2.45, 2.75) is 25.3 Å². The lowest BCUT2D eigenvalue weighted by Gasteiger charge is -2.21. The molecular weight excluding hydrogens is 511 g/mol. The molecule has 1 aliphatic heterocycles. The van der Waals surface area contributed by atoms with Crippen LogP contribution < -0.4 is 15.5 Å². The second kappa shape index (κ2) is 10.9. The Bertz CT molecular complexity index is 851. The van der Waals surface area contributed by atoms with Crippen LogP contribution in [0.5, 0.6) is 0 Å². The monoisotopic (exact) mass is 535 g/mol. The van der Waals surface area contributed by atoms with E-state index in [1.807, 2.05) is 19.1 Å². The highest BCUT2D eigenvalue weighted by molar-refractivity contribution is 14.0. The molecule has 1 aliphatic rings. The molecule has 2 atom stereocenters. The number of nitrogens with one attached hydrogen (secondary N) is 2. The predicted molar refractivity (Wildman–Crippen MR) is 125 cm³/mol. The van der Waals surface area contributed by atoms with Crippen LogP contribution in [0.15, 0.2) is 41.5 Å². The molecule has 29 heavy (non-hydrogen) atoms. The van der Waals surface area contributed by atoms with Crippen LogP contribution in [0.4, 0.5) is 14.6 Å². The zero-order chi connectivity index (χ0) is 20.1. The molecule has 1 aromatic carbocycles. The van der Waals surface area contributed by atoms with Gasteiger partial charge in [-0.05, 0) is 42.2 Å². The summed E-state index contributed by atoms with van der Waals surface area (Å²) < 4.78 is 26.5. The van der Waals surface area contributed by atoms with Gasteiger partial charge in [-0.25, -0.2) is 13.8 Å². The Kier molecular flexibility index (Phi) is 8.88. The van der Waals surface area contributed by atoms with E-state index in [9.17, 15) is 8.78 Å². The quantitative estimate of drug-likeness (QED) is 0.343. The van der Waals surface area contributed by atoms with E-state index in [1.54, 1.807) is 19.3 Å². The molecule has 0 bridgehead atoms. The van der Waals surface area contributed by atoms with Crippen LogP contribution in [0.1, 0.15) is 24.8 Å². The van der Waals surface area contributed by atoms with Crippen LogP contribution >= 0.6 is 35.6 Å². The van der Waals surface area contributed by atoms with Gasteiger partial charge in [0.2, 0.25) is 0 Å². The van der Waals surface area contributed by atoms with Crippen molar-refractivity contribution >= 4 is 47.4 Å². The third kappa shape index (κ3) is 6.15. The summed E-state index contributed by atoms with van der Waals surface area (Å²) in [7, 11) is 1.71. The second-order valence-electron chi connectivity index (χ2n) is 6.91. The van der Waals surface area contributed by atoms with Crippen LogP contribution in [0.25, 0.3) is 0 Å². The number of aromatic nitrogens is 1. The van der Waals surface area contributed by atoms with Gasteiger partial charge in [0.15, 0.2) is 17.6 Å². The minimum Gasteiger partial charge on any atom is -0.356 e. The van der Waals surface area contributed by atoms with Gasteiger partial charge in [0.05, 0.1) is 5.02 Å². The molecule has 1 aromatic heterocycles. The molecule has 0 saturated carbocycles. The molecule has 158 valence electrons. The van der Waals surface area contributed by atoms with Crippen LogP contribution in [0.3, 0.4) is 0 Å². The minimum atomic E-state index is -0.833. The Morgan fingerprint density at radius 3 is 2.83 bits per heavy atom.